The molecule has 5 heteroatoms. The van der Waals surface area contributed by atoms with E-state index < -0.39 is 0 Å². The molecular formula is C6H15HgNO3+2. The molecule has 62 valence electrons. The number of nitrogens with zero attached hydrogens (tertiary/aromatic N) is 1. The quantitative estimate of drug-likeness (QED) is 0.498. The molecule has 0 aromatic heterocycles. The molecule has 0 heterocycles. The van der Waals surface area contributed by atoms with Gasteiger partial charge in [0.2, 0.25) is 0 Å². The van der Waals surface area contributed by atoms with E-state index in [1.807, 2.05) is 0 Å². The Kier molecular flexibility index (Phi) is 14.0. The van der Waals surface area contributed by atoms with Gasteiger partial charge in [-0.1, -0.05) is 0 Å². The Labute approximate surface area is 87.3 Å². The average molecular weight is 350 g/mol. The molecule has 0 unspecified atom stereocenters. The maximum absolute atomic E-state index is 8.48. The minimum Gasteiger partial charge on any atom is -0.395 e. The van der Waals surface area contributed by atoms with Crippen molar-refractivity contribution in [3.8, 4) is 0 Å². The van der Waals surface area contributed by atoms with E-state index in [-0.39, 0.29) is 47.5 Å². The van der Waals surface area contributed by atoms with Gasteiger partial charge in [-0.15, -0.1) is 0 Å². The normalized spacial score (nSPS) is 9.82. The third-order valence-electron chi connectivity index (χ3n) is 1.25. The summed E-state index contributed by atoms with van der Waals surface area (Å²) in [4.78, 5) is 1.79. The van der Waals surface area contributed by atoms with Gasteiger partial charge in [-0.3, -0.25) is 4.90 Å². The minimum absolute atomic E-state index is 0. The van der Waals surface area contributed by atoms with Gasteiger partial charge in [-0.2, -0.15) is 0 Å². The van der Waals surface area contributed by atoms with Gasteiger partial charge in [0, 0.05) is 19.6 Å². The molecule has 0 spiro atoms. The largest absolute Gasteiger partial charge is 2.00 e. The molecule has 0 fully saturated rings. The van der Waals surface area contributed by atoms with Crippen molar-refractivity contribution in [3.63, 3.8) is 0 Å². The maximum atomic E-state index is 8.48. The van der Waals surface area contributed by atoms with Crippen LogP contribution < -0.4 is 0 Å². The van der Waals surface area contributed by atoms with E-state index in [9.17, 15) is 0 Å². The molecule has 0 aliphatic heterocycles. The first-order valence-electron chi connectivity index (χ1n) is 3.40. The molecule has 0 radical (unpaired) electrons. The third kappa shape index (κ3) is 8.68. The van der Waals surface area contributed by atoms with Crippen molar-refractivity contribution in [3.05, 3.63) is 0 Å². The van der Waals surface area contributed by atoms with Crippen LogP contribution in [0.25, 0.3) is 0 Å². The van der Waals surface area contributed by atoms with E-state index in [1.54, 1.807) is 4.90 Å². The fourth-order valence-corrected chi connectivity index (χ4v) is 0.760. The van der Waals surface area contributed by atoms with Gasteiger partial charge in [-0.25, -0.2) is 0 Å². The summed E-state index contributed by atoms with van der Waals surface area (Å²) >= 11 is 0. The summed E-state index contributed by atoms with van der Waals surface area (Å²) in [6.07, 6.45) is 0. The second kappa shape index (κ2) is 10.8. The second-order valence-electron chi connectivity index (χ2n) is 2.01. The number of rotatable bonds is 6. The summed E-state index contributed by atoms with van der Waals surface area (Å²) in [6.45, 7) is 1.75. The molecule has 0 aromatic rings. The molecule has 0 aromatic carbocycles. The Hall–Kier alpha value is 0.775. The van der Waals surface area contributed by atoms with Crippen LogP contribution in [0.4, 0.5) is 0 Å². The summed E-state index contributed by atoms with van der Waals surface area (Å²) in [7, 11) is 0. The Morgan fingerprint density at radius 3 is 1.18 bits per heavy atom. The van der Waals surface area contributed by atoms with Crippen LogP contribution in [-0.2, 0) is 27.7 Å². The van der Waals surface area contributed by atoms with E-state index in [2.05, 4.69) is 0 Å². The molecule has 0 saturated carbocycles. The summed E-state index contributed by atoms with van der Waals surface area (Å²) in [6, 6.07) is 0. The molecule has 3 N–H and O–H groups in total. The van der Waals surface area contributed by atoms with Gasteiger partial charge in [0.05, 0.1) is 19.8 Å². The number of hydrogen-bond donors (Lipinski definition) is 3. The van der Waals surface area contributed by atoms with Gasteiger partial charge < -0.3 is 15.3 Å². The van der Waals surface area contributed by atoms with Crippen molar-refractivity contribution < 1.29 is 43.0 Å². The van der Waals surface area contributed by atoms with Crippen LogP contribution in [0.1, 0.15) is 0 Å². The molecule has 0 bridgehead atoms. The Morgan fingerprint density at radius 1 is 0.727 bits per heavy atom. The summed E-state index contributed by atoms with van der Waals surface area (Å²) in [5, 5.41) is 25.5. The molecule has 11 heavy (non-hydrogen) atoms. The van der Waals surface area contributed by atoms with Crippen LogP contribution in [0.5, 0.6) is 0 Å². The van der Waals surface area contributed by atoms with Crippen LogP contribution >= 0.6 is 0 Å². The molecule has 0 aliphatic carbocycles. The summed E-state index contributed by atoms with van der Waals surface area (Å²) in [5.41, 5.74) is 0. The Bertz CT molecular complexity index is 60.6. The van der Waals surface area contributed by atoms with Gasteiger partial charge in [0.15, 0.2) is 0 Å². The van der Waals surface area contributed by atoms with Gasteiger partial charge in [-0.05, 0) is 0 Å². The predicted molar refractivity (Wildman–Crippen MR) is 37.7 cm³/mol. The van der Waals surface area contributed by atoms with E-state index in [1.165, 1.54) is 0 Å². The second-order valence-corrected chi connectivity index (χ2v) is 2.01. The van der Waals surface area contributed by atoms with Crippen molar-refractivity contribution in [2.75, 3.05) is 39.5 Å². The Morgan fingerprint density at radius 2 is 1.00 bits per heavy atom. The first kappa shape index (κ1) is 14.3. The standard InChI is InChI=1S/C6H15NO3.Hg/c8-4-1-7(2-5-9)3-6-10;/h8-10H,1-6H2;/q;+2. The smallest absolute Gasteiger partial charge is 0.395 e. The van der Waals surface area contributed by atoms with Gasteiger partial charge in [0.25, 0.3) is 0 Å². The topological polar surface area (TPSA) is 63.9 Å². The first-order chi connectivity index (χ1) is 4.85. The first-order valence-corrected chi connectivity index (χ1v) is 3.40. The molecule has 0 atom stereocenters. The predicted octanol–water partition coefficient (Wildman–Crippen LogP) is -1.74. The zero-order valence-corrected chi connectivity index (χ0v) is 12.2. The molecular weight excluding hydrogens is 335 g/mol. The number of hydrogen-bond acceptors (Lipinski definition) is 4. The molecule has 4 nitrogen and oxygen atoms in total. The fraction of sp³-hybridized carbons (Fsp3) is 1.00. The number of aliphatic hydroxyl groups is 3. The average Bonchev–Trinajstić information content (AvgIpc) is 1.90. The van der Waals surface area contributed by atoms with Crippen LogP contribution in [0.3, 0.4) is 0 Å². The van der Waals surface area contributed by atoms with Crippen molar-refractivity contribution >= 4 is 0 Å². The van der Waals surface area contributed by atoms with Crippen molar-refractivity contribution in [1.29, 1.82) is 0 Å². The van der Waals surface area contributed by atoms with E-state index in [0.717, 1.165) is 0 Å². The molecule has 0 saturated heterocycles. The van der Waals surface area contributed by atoms with Crippen molar-refractivity contribution in [1.82, 2.24) is 4.90 Å². The fourth-order valence-electron chi connectivity index (χ4n) is 0.760. The van der Waals surface area contributed by atoms with Crippen LogP contribution in [-0.4, -0.2) is 59.7 Å². The van der Waals surface area contributed by atoms with Gasteiger partial charge >= 0.3 is 27.7 Å². The van der Waals surface area contributed by atoms with Gasteiger partial charge in [0.1, 0.15) is 0 Å². The van der Waals surface area contributed by atoms with E-state index in [0.29, 0.717) is 19.6 Å². The molecule has 0 amide bonds. The van der Waals surface area contributed by atoms with E-state index in [4.69, 9.17) is 15.3 Å². The summed E-state index contributed by atoms with van der Waals surface area (Å²) < 4.78 is 0. The minimum atomic E-state index is 0. The van der Waals surface area contributed by atoms with Crippen LogP contribution in [0.15, 0.2) is 0 Å². The maximum Gasteiger partial charge on any atom is 2.00 e. The monoisotopic (exact) mass is 351 g/mol. The third-order valence-corrected chi connectivity index (χ3v) is 1.25. The SMILES string of the molecule is OCCN(CCO)CCO.[Hg+2]. The molecule has 0 rings (SSSR count). The zero-order valence-electron chi connectivity index (χ0n) is 6.74. The van der Waals surface area contributed by atoms with E-state index >= 15 is 0 Å². The summed E-state index contributed by atoms with van der Waals surface area (Å²) in [5.74, 6) is 0. The molecule has 0 aliphatic rings. The van der Waals surface area contributed by atoms with Crippen molar-refractivity contribution in [2.45, 2.75) is 0 Å². The zero-order chi connectivity index (χ0) is 7.82. The Balaban J connectivity index is 0. The number of aliphatic hydroxyl groups excluding tert-OH is 3. The van der Waals surface area contributed by atoms with Crippen LogP contribution in [0.2, 0.25) is 0 Å². The van der Waals surface area contributed by atoms with Crippen molar-refractivity contribution in [2.24, 2.45) is 0 Å². The van der Waals surface area contributed by atoms with Crippen LogP contribution in [0, 0.1) is 0 Å².